The van der Waals surface area contributed by atoms with Crippen molar-refractivity contribution in [1.82, 2.24) is 0 Å². The van der Waals surface area contributed by atoms with Crippen molar-refractivity contribution < 1.29 is 18.7 Å². The summed E-state index contributed by atoms with van der Waals surface area (Å²) < 4.78 is 24.3. The maximum absolute atomic E-state index is 13.0. The molecule has 0 aromatic heterocycles. The minimum Gasteiger partial charge on any atom is -0.457 e. The van der Waals surface area contributed by atoms with Crippen molar-refractivity contribution in [3.8, 4) is 17.6 Å². The molecular formula is C22H18Cl2FNO3. The predicted octanol–water partition coefficient (Wildman–Crippen LogP) is 6.32. The molecule has 2 aromatic carbocycles. The van der Waals surface area contributed by atoms with Crippen molar-refractivity contribution in [2.75, 3.05) is 0 Å². The third-order valence-electron chi connectivity index (χ3n) is 5.03. The van der Waals surface area contributed by atoms with Crippen LogP contribution in [0.15, 0.2) is 59.1 Å². The highest BCUT2D eigenvalue weighted by Crippen LogP contribution is 2.60. The number of benzene rings is 2. The topological polar surface area (TPSA) is 59.3 Å². The number of carbonyl (C=O) groups is 1. The Morgan fingerprint density at radius 3 is 2.52 bits per heavy atom. The summed E-state index contributed by atoms with van der Waals surface area (Å²) in [5, 5.41) is 9.52. The molecule has 3 atom stereocenters. The number of ether oxygens (including phenoxy) is 2. The van der Waals surface area contributed by atoms with Gasteiger partial charge in [0.1, 0.15) is 27.9 Å². The molecule has 3 unspecified atom stereocenters. The van der Waals surface area contributed by atoms with Crippen molar-refractivity contribution in [1.29, 1.82) is 5.26 Å². The van der Waals surface area contributed by atoms with Gasteiger partial charge in [-0.2, -0.15) is 5.26 Å². The summed E-state index contributed by atoms with van der Waals surface area (Å²) in [7, 11) is 0. The normalized spacial score (nSPS) is 20.1. The number of esters is 1. The van der Waals surface area contributed by atoms with Gasteiger partial charge in [0.15, 0.2) is 0 Å². The minimum atomic E-state index is -1.09. The zero-order valence-corrected chi connectivity index (χ0v) is 17.2. The maximum Gasteiger partial charge on any atom is 0.311 e. The maximum atomic E-state index is 13.0. The van der Waals surface area contributed by atoms with E-state index in [1.54, 1.807) is 30.3 Å². The van der Waals surface area contributed by atoms with Crippen LogP contribution in [0.25, 0.3) is 0 Å². The van der Waals surface area contributed by atoms with E-state index in [-0.39, 0.29) is 21.6 Å². The van der Waals surface area contributed by atoms with Gasteiger partial charge in [0.25, 0.3) is 0 Å². The van der Waals surface area contributed by atoms with E-state index in [1.807, 2.05) is 19.9 Å². The van der Waals surface area contributed by atoms with Crippen LogP contribution in [0, 0.1) is 34.4 Å². The fraction of sp³-hybridized carbons (Fsp3) is 0.273. The lowest BCUT2D eigenvalue weighted by atomic mass is 10.1. The van der Waals surface area contributed by atoms with Crippen molar-refractivity contribution in [3.63, 3.8) is 0 Å². The van der Waals surface area contributed by atoms with Gasteiger partial charge in [-0.15, -0.1) is 0 Å². The lowest BCUT2D eigenvalue weighted by molar-refractivity contribution is -0.149. The average Bonchev–Trinajstić information content (AvgIpc) is 3.21. The fourth-order valence-electron chi connectivity index (χ4n) is 3.31. The molecule has 0 radical (unpaired) electrons. The molecule has 4 nitrogen and oxygen atoms in total. The molecule has 0 aliphatic heterocycles. The number of allylic oxidation sites excluding steroid dienone is 1. The Hall–Kier alpha value is -2.55. The second kappa shape index (κ2) is 8.44. The number of halogens is 3. The molecule has 3 rings (SSSR count). The van der Waals surface area contributed by atoms with Crippen molar-refractivity contribution in [3.05, 3.63) is 70.5 Å². The molecule has 1 aliphatic rings. The molecule has 0 N–H and O–H groups in total. The van der Waals surface area contributed by atoms with Crippen molar-refractivity contribution in [2.24, 2.45) is 17.3 Å². The first-order valence-electron chi connectivity index (χ1n) is 8.88. The summed E-state index contributed by atoms with van der Waals surface area (Å²) in [4.78, 5) is 12.6. The molecule has 1 saturated carbocycles. The van der Waals surface area contributed by atoms with Crippen LogP contribution in [0.3, 0.4) is 0 Å². The Labute approximate surface area is 178 Å². The van der Waals surface area contributed by atoms with Gasteiger partial charge < -0.3 is 9.47 Å². The largest absolute Gasteiger partial charge is 0.457 e. The average molecular weight is 434 g/mol. The van der Waals surface area contributed by atoms with E-state index >= 15 is 0 Å². The lowest BCUT2D eigenvalue weighted by Gasteiger charge is -2.13. The number of hydrogen-bond donors (Lipinski definition) is 0. The minimum absolute atomic E-state index is 0.0980. The molecule has 29 heavy (non-hydrogen) atoms. The van der Waals surface area contributed by atoms with Crippen LogP contribution < -0.4 is 4.74 Å². The Morgan fingerprint density at radius 1 is 1.21 bits per heavy atom. The van der Waals surface area contributed by atoms with Gasteiger partial charge in [-0.05, 0) is 53.8 Å². The first-order valence-corrected chi connectivity index (χ1v) is 9.64. The molecule has 0 amide bonds. The zero-order chi connectivity index (χ0) is 21.2. The van der Waals surface area contributed by atoms with E-state index in [0.717, 1.165) is 0 Å². The number of hydrogen-bond acceptors (Lipinski definition) is 4. The first-order chi connectivity index (χ1) is 13.7. The molecule has 7 heteroatoms. The van der Waals surface area contributed by atoms with Crippen LogP contribution in [-0.4, -0.2) is 5.97 Å². The predicted molar refractivity (Wildman–Crippen MR) is 108 cm³/mol. The highest BCUT2D eigenvalue weighted by Gasteiger charge is 2.62. The van der Waals surface area contributed by atoms with E-state index in [1.165, 1.54) is 24.3 Å². The SMILES string of the molecule is CC1(C)C(C=C(Cl)Cl)C1C(=O)OC(C#N)c1cccc(Oc2ccc(F)cc2)c1. The second-order valence-corrected chi connectivity index (χ2v) is 8.36. The molecule has 150 valence electrons. The quantitative estimate of drug-likeness (QED) is 0.500. The van der Waals surface area contributed by atoms with Crippen LogP contribution in [0.1, 0.15) is 25.5 Å². The molecule has 0 heterocycles. The second-order valence-electron chi connectivity index (χ2n) is 7.36. The summed E-state index contributed by atoms with van der Waals surface area (Å²) >= 11 is 11.4. The van der Waals surface area contributed by atoms with Crippen molar-refractivity contribution >= 4 is 29.2 Å². The van der Waals surface area contributed by atoms with Crippen LogP contribution in [0.2, 0.25) is 0 Å². The highest BCUT2D eigenvalue weighted by atomic mass is 35.5. The fourth-order valence-corrected chi connectivity index (χ4v) is 3.58. The summed E-state index contributed by atoms with van der Waals surface area (Å²) in [6, 6.07) is 14.2. The molecule has 0 bridgehead atoms. The Morgan fingerprint density at radius 2 is 1.90 bits per heavy atom. The summed E-state index contributed by atoms with van der Waals surface area (Å²) in [5.74, 6) is -0.540. The summed E-state index contributed by atoms with van der Waals surface area (Å²) in [6.07, 6.45) is 0.528. The van der Waals surface area contributed by atoms with Crippen LogP contribution in [0.4, 0.5) is 4.39 Å². The van der Waals surface area contributed by atoms with E-state index in [4.69, 9.17) is 32.7 Å². The van der Waals surface area contributed by atoms with Crippen LogP contribution in [0.5, 0.6) is 11.5 Å². The summed E-state index contributed by atoms with van der Waals surface area (Å²) in [6.45, 7) is 3.82. The third kappa shape index (κ3) is 4.90. The molecule has 1 fully saturated rings. The molecule has 0 saturated heterocycles. The summed E-state index contributed by atoms with van der Waals surface area (Å²) in [5.41, 5.74) is 0.126. The lowest BCUT2D eigenvalue weighted by Crippen LogP contribution is -2.14. The smallest absolute Gasteiger partial charge is 0.311 e. The number of rotatable bonds is 6. The van der Waals surface area contributed by atoms with Gasteiger partial charge in [-0.3, -0.25) is 4.79 Å². The van der Waals surface area contributed by atoms with Gasteiger partial charge in [0.2, 0.25) is 6.10 Å². The van der Waals surface area contributed by atoms with E-state index < -0.39 is 18.0 Å². The van der Waals surface area contributed by atoms with Gasteiger partial charge in [-0.25, -0.2) is 4.39 Å². The van der Waals surface area contributed by atoms with Crippen LogP contribution in [-0.2, 0) is 9.53 Å². The molecule has 2 aromatic rings. The van der Waals surface area contributed by atoms with Gasteiger partial charge in [-0.1, -0.05) is 49.2 Å². The highest BCUT2D eigenvalue weighted by molar-refractivity contribution is 6.55. The first kappa shape index (κ1) is 21.2. The van der Waals surface area contributed by atoms with Crippen LogP contribution >= 0.6 is 23.2 Å². The Kier molecular flexibility index (Phi) is 6.16. The van der Waals surface area contributed by atoms with E-state index in [0.29, 0.717) is 17.1 Å². The number of nitrogens with zero attached hydrogens (tertiary/aromatic N) is 1. The van der Waals surface area contributed by atoms with Gasteiger partial charge >= 0.3 is 5.97 Å². The van der Waals surface area contributed by atoms with Gasteiger partial charge in [0.05, 0.1) is 5.92 Å². The van der Waals surface area contributed by atoms with Crippen molar-refractivity contribution in [2.45, 2.75) is 20.0 Å². The molecule has 1 aliphatic carbocycles. The van der Waals surface area contributed by atoms with E-state index in [2.05, 4.69) is 0 Å². The molecule has 0 spiro atoms. The monoisotopic (exact) mass is 433 g/mol. The molecular weight excluding hydrogens is 416 g/mol. The Balaban J connectivity index is 1.72. The zero-order valence-electron chi connectivity index (χ0n) is 15.7. The standard InChI is InChI=1S/C22H18Cl2FNO3/c1-22(2)17(11-19(23)24)20(22)21(27)29-18(12-26)13-4-3-5-16(10-13)28-15-8-6-14(25)7-9-15/h3-11,17-18,20H,1-2H3. The number of nitriles is 1. The number of carbonyl (C=O) groups excluding carboxylic acids is 1. The van der Waals surface area contributed by atoms with E-state index in [9.17, 15) is 14.4 Å². The van der Waals surface area contributed by atoms with Gasteiger partial charge in [0, 0.05) is 5.56 Å². The Bertz CT molecular complexity index is 978. The third-order valence-corrected chi connectivity index (χ3v) is 5.28.